The number of halogens is 2. The molecule has 0 saturated heterocycles. The zero-order valence-corrected chi connectivity index (χ0v) is 12.4. The Morgan fingerprint density at radius 2 is 2.00 bits per heavy atom. The molecule has 1 aromatic heterocycles. The molecule has 1 amide bonds. The first-order valence-electron chi connectivity index (χ1n) is 6.40. The number of amides is 1. The monoisotopic (exact) mass is 307 g/mol. The van der Waals surface area contributed by atoms with Gasteiger partial charge < -0.3 is 11.1 Å². The Morgan fingerprint density at radius 1 is 1.29 bits per heavy atom. The highest BCUT2D eigenvalue weighted by molar-refractivity contribution is 6.31. The summed E-state index contributed by atoms with van der Waals surface area (Å²) in [4.78, 5) is 16.4. The first-order chi connectivity index (χ1) is 9.85. The number of pyridine rings is 1. The first-order valence-corrected chi connectivity index (χ1v) is 6.78. The number of hydrogen-bond donors (Lipinski definition) is 2. The average molecular weight is 308 g/mol. The Morgan fingerprint density at radius 3 is 2.62 bits per heavy atom. The van der Waals surface area contributed by atoms with Crippen molar-refractivity contribution in [1.82, 2.24) is 4.98 Å². The van der Waals surface area contributed by atoms with Crippen molar-refractivity contribution in [1.29, 1.82) is 0 Å². The van der Waals surface area contributed by atoms with Crippen molar-refractivity contribution in [2.75, 3.05) is 11.1 Å². The van der Waals surface area contributed by atoms with Crippen LogP contribution in [0.1, 0.15) is 35.8 Å². The molecule has 0 saturated carbocycles. The van der Waals surface area contributed by atoms with Gasteiger partial charge in [-0.05, 0) is 36.2 Å². The minimum atomic E-state index is -0.519. The van der Waals surface area contributed by atoms with E-state index < -0.39 is 11.7 Å². The third-order valence-electron chi connectivity index (χ3n) is 2.84. The zero-order valence-electron chi connectivity index (χ0n) is 11.7. The summed E-state index contributed by atoms with van der Waals surface area (Å²) in [5.74, 6) is -0.505. The van der Waals surface area contributed by atoms with Crippen LogP contribution in [0.2, 0.25) is 5.02 Å². The van der Waals surface area contributed by atoms with Crippen LogP contribution in [-0.4, -0.2) is 10.9 Å². The third kappa shape index (κ3) is 3.92. The summed E-state index contributed by atoms with van der Waals surface area (Å²) >= 11 is 5.75. The summed E-state index contributed by atoms with van der Waals surface area (Å²) in [5, 5.41) is 2.80. The maximum absolute atomic E-state index is 13.2. The van der Waals surface area contributed by atoms with Crippen LogP contribution < -0.4 is 11.1 Å². The van der Waals surface area contributed by atoms with Crippen molar-refractivity contribution < 1.29 is 9.18 Å². The van der Waals surface area contributed by atoms with Crippen molar-refractivity contribution in [2.24, 2.45) is 0 Å². The lowest BCUT2D eigenvalue weighted by atomic mass is 10.1. The highest BCUT2D eigenvalue weighted by Crippen LogP contribution is 2.20. The van der Waals surface area contributed by atoms with Crippen LogP contribution in [0.5, 0.6) is 0 Å². The molecule has 21 heavy (non-hydrogen) atoms. The molecule has 0 aliphatic heterocycles. The molecule has 0 aliphatic carbocycles. The van der Waals surface area contributed by atoms with Crippen LogP contribution >= 0.6 is 11.6 Å². The van der Waals surface area contributed by atoms with Crippen molar-refractivity contribution >= 4 is 29.0 Å². The number of nitrogen functional groups attached to an aromatic ring is 1. The molecule has 2 rings (SSSR count). The Labute approximate surface area is 127 Å². The third-order valence-corrected chi connectivity index (χ3v) is 3.06. The second kappa shape index (κ2) is 6.10. The number of aromatic nitrogens is 1. The summed E-state index contributed by atoms with van der Waals surface area (Å²) in [6.07, 6.45) is 0. The van der Waals surface area contributed by atoms with E-state index in [0.29, 0.717) is 5.56 Å². The van der Waals surface area contributed by atoms with Gasteiger partial charge in [-0.1, -0.05) is 25.4 Å². The van der Waals surface area contributed by atoms with Crippen LogP contribution in [0.15, 0.2) is 30.3 Å². The van der Waals surface area contributed by atoms with Gasteiger partial charge in [0.25, 0.3) is 5.91 Å². The molecule has 6 heteroatoms. The van der Waals surface area contributed by atoms with Crippen LogP contribution in [-0.2, 0) is 0 Å². The number of nitrogens with zero attached hydrogens (tertiary/aromatic N) is 1. The lowest BCUT2D eigenvalue weighted by Gasteiger charge is -2.10. The highest BCUT2D eigenvalue weighted by atomic mass is 35.5. The standard InChI is InChI=1S/C15H15ClFN3O/c1-8(2)13-3-9(4-14(18)20-13)15(21)19-12-6-10(16)5-11(17)7-12/h3-8H,1-2H3,(H2,18,20)(H,19,21). The molecule has 2 aromatic rings. The Kier molecular flexibility index (Phi) is 4.43. The normalized spacial score (nSPS) is 10.7. The van der Waals surface area contributed by atoms with Crippen LogP contribution in [0.25, 0.3) is 0 Å². The van der Waals surface area contributed by atoms with E-state index in [0.717, 1.165) is 5.69 Å². The summed E-state index contributed by atoms with van der Waals surface area (Å²) in [6, 6.07) is 6.96. The van der Waals surface area contributed by atoms with Gasteiger partial charge in [0, 0.05) is 22.0 Å². The Balaban J connectivity index is 2.28. The van der Waals surface area contributed by atoms with Gasteiger partial charge >= 0.3 is 0 Å². The molecule has 3 N–H and O–H groups in total. The van der Waals surface area contributed by atoms with Crippen LogP contribution in [0, 0.1) is 5.82 Å². The van der Waals surface area contributed by atoms with Crippen molar-refractivity contribution in [2.45, 2.75) is 19.8 Å². The van der Waals surface area contributed by atoms with Gasteiger partial charge in [-0.15, -0.1) is 0 Å². The van der Waals surface area contributed by atoms with E-state index in [1.807, 2.05) is 13.8 Å². The van der Waals surface area contributed by atoms with Crippen molar-refractivity contribution in [3.63, 3.8) is 0 Å². The second-order valence-electron chi connectivity index (χ2n) is 4.97. The number of carbonyl (C=O) groups excluding carboxylic acids is 1. The fraction of sp³-hybridized carbons (Fsp3) is 0.200. The van der Waals surface area contributed by atoms with Gasteiger partial charge in [-0.2, -0.15) is 0 Å². The molecule has 0 fully saturated rings. The molecule has 1 heterocycles. The molecular weight excluding hydrogens is 293 g/mol. The lowest BCUT2D eigenvalue weighted by molar-refractivity contribution is 0.102. The molecule has 0 bridgehead atoms. The number of carbonyl (C=O) groups is 1. The lowest BCUT2D eigenvalue weighted by Crippen LogP contribution is -2.14. The van der Waals surface area contributed by atoms with E-state index in [4.69, 9.17) is 17.3 Å². The number of nitrogens with two attached hydrogens (primary N) is 1. The predicted molar refractivity (Wildman–Crippen MR) is 82.1 cm³/mol. The fourth-order valence-corrected chi connectivity index (χ4v) is 2.05. The quantitative estimate of drug-likeness (QED) is 0.905. The number of rotatable bonds is 3. The molecule has 1 aromatic carbocycles. The molecular formula is C15H15ClFN3O. The Hall–Kier alpha value is -2.14. The average Bonchev–Trinajstić information content (AvgIpc) is 2.36. The van der Waals surface area contributed by atoms with Crippen molar-refractivity contribution in [3.05, 3.63) is 52.4 Å². The molecule has 0 radical (unpaired) electrons. The van der Waals surface area contributed by atoms with Gasteiger partial charge in [0.1, 0.15) is 11.6 Å². The van der Waals surface area contributed by atoms with E-state index in [9.17, 15) is 9.18 Å². The molecule has 0 atom stereocenters. The van der Waals surface area contributed by atoms with Gasteiger partial charge in [-0.25, -0.2) is 9.37 Å². The summed E-state index contributed by atoms with van der Waals surface area (Å²) < 4.78 is 13.2. The van der Waals surface area contributed by atoms with E-state index >= 15 is 0 Å². The van der Waals surface area contributed by atoms with E-state index in [1.54, 1.807) is 6.07 Å². The largest absolute Gasteiger partial charge is 0.384 e. The molecule has 110 valence electrons. The predicted octanol–water partition coefficient (Wildman–Crippen LogP) is 3.83. The number of benzene rings is 1. The SMILES string of the molecule is CC(C)c1cc(C(=O)Nc2cc(F)cc(Cl)c2)cc(N)n1. The van der Waals surface area contributed by atoms with Crippen molar-refractivity contribution in [3.8, 4) is 0 Å². The fourth-order valence-electron chi connectivity index (χ4n) is 1.83. The summed E-state index contributed by atoms with van der Waals surface area (Å²) in [6.45, 7) is 3.91. The highest BCUT2D eigenvalue weighted by Gasteiger charge is 2.12. The smallest absolute Gasteiger partial charge is 0.255 e. The van der Waals surface area contributed by atoms with E-state index in [2.05, 4.69) is 10.3 Å². The minimum absolute atomic E-state index is 0.142. The number of hydrogen-bond acceptors (Lipinski definition) is 3. The maximum atomic E-state index is 13.2. The molecule has 0 aliphatic rings. The van der Waals surface area contributed by atoms with E-state index in [-0.39, 0.29) is 22.4 Å². The zero-order chi connectivity index (χ0) is 15.6. The topological polar surface area (TPSA) is 68.0 Å². The van der Waals surface area contributed by atoms with Gasteiger partial charge in [-0.3, -0.25) is 4.79 Å². The van der Waals surface area contributed by atoms with Gasteiger partial charge in [0.2, 0.25) is 0 Å². The van der Waals surface area contributed by atoms with Crippen LogP contribution in [0.3, 0.4) is 0 Å². The number of anilines is 2. The van der Waals surface area contributed by atoms with E-state index in [1.165, 1.54) is 24.3 Å². The first kappa shape index (κ1) is 15.3. The van der Waals surface area contributed by atoms with Gasteiger partial charge in [0.05, 0.1) is 0 Å². The Bertz CT molecular complexity index is 668. The molecule has 0 unspecified atom stereocenters. The minimum Gasteiger partial charge on any atom is -0.384 e. The van der Waals surface area contributed by atoms with Crippen LogP contribution in [0.4, 0.5) is 15.9 Å². The maximum Gasteiger partial charge on any atom is 0.255 e. The molecule has 4 nitrogen and oxygen atoms in total. The van der Waals surface area contributed by atoms with Gasteiger partial charge in [0.15, 0.2) is 0 Å². The number of nitrogens with one attached hydrogen (secondary N) is 1. The summed E-state index contributed by atoms with van der Waals surface area (Å²) in [5.41, 5.74) is 7.08. The second-order valence-corrected chi connectivity index (χ2v) is 5.41. The summed E-state index contributed by atoms with van der Waals surface area (Å²) in [7, 11) is 0. The molecule has 0 spiro atoms.